The summed E-state index contributed by atoms with van der Waals surface area (Å²) in [5, 5.41) is 10.8. The smallest absolute Gasteiger partial charge is 0.258 e. The second-order valence-corrected chi connectivity index (χ2v) is 6.24. The molecule has 1 aromatic heterocycles. The summed E-state index contributed by atoms with van der Waals surface area (Å²) in [6.45, 7) is 0. The van der Waals surface area contributed by atoms with E-state index in [1.807, 2.05) is 60.7 Å². The van der Waals surface area contributed by atoms with Gasteiger partial charge in [-0.15, -0.1) is 0 Å². The van der Waals surface area contributed by atoms with Crippen LogP contribution in [0.25, 0.3) is 22.5 Å². The van der Waals surface area contributed by atoms with Gasteiger partial charge in [-0.05, 0) is 23.6 Å². The molecule has 0 radical (unpaired) electrons. The van der Waals surface area contributed by atoms with Gasteiger partial charge in [0.1, 0.15) is 5.69 Å². The number of rotatable bonds is 3. The van der Waals surface area contributed by atoms with Gasteiger partial charge in [0.2, 0.25) is 0 Å². The molecule has 5 heteroatoms. The molecule has 0 bridgehead atoms. The molecule has 0 atom stereocenters. The Bertz CT molecular complexity index is 1210. The van der Waals surface area contributed by atoms with Gasteiger partial charge in [0, 0.05) is 35.0 Å². The molecule has 4 aromatic rings. The fourth-order valence-electron chi connectivity index (χ4n) is 2.83. The van der Waals surface area contributed by atoms with Gasteiger partial charge in [0.25, 0.3) is 5.69 Å². The third kappa shape index (κ3) is 4.18. The summed E-state index contributed by atoms with van der Waals surface area (Å²) >= 11 is 0. The summed E-state index contributed by atoms with van der Waals surface area (Å²) < 4.78 is 0. The standard InChI is InChI=1S/C24H15N3O2/c28-27(29)21-14-11-18(12-15-21)13-16-23-22(19-7-3-1-4-8-19)17-25-24(26-23)20-9-5-2-6-10-20/h1-12,14-15,17H. The minimum Gasteiger partial charge on any atom is -0.258 e. The third-order valence-electron chi connectivity index (χ3n) is 4.31. The molecule has 0 N–H and O–H groups in total. The first-order chi connectivity index (χ1) is 14.2. The predicted molar refractivity (Wildman–Crippen MR) is 112 cm³/mol. The largest absolute Gasteiger partial charge is 0.269 e. The molecular formula is C24H15N3O2. The Balaban J connectivity index is 1.78. The molecule has 0 unspecified atom stereocenters. The minimum absolute atomic E-state index is 0.0360. The molecule has 138 valence electrons. The van der Waals surface area contributed by atoms with Gasteiger partial charge >= 0.3 is 0 Å². The van der Waals surface area contributed by atoms with E-state index in [0.717, 1.165) is 16.7 Å². The maximum atomic E-state index is 10.8. The van der Waals surface area contributed by atoms with Crippen molar-refractivity contribution in [3.8, 4) is 34.4 Å². The van der Waals surface area contributed by atoms with Crippen LogP contribution in [0.2, 0.25) is 0 Å². The number of hydrogen-bond acceptors (Lipinski definition) is 4. The Hall–Kier alpha value is -4.30. The molecular weight excluding hydrogens is 362 g/mol. The molecule has 3 aromatic carbocycles. The number of non-ortho nitro benzene ring substituents is 1. The van der Waals surface area contributed by atoms with Crippen molar-refractivity contribution in [1.29, 1.82) is 0 Å². The van der Waals surface area contributed by atoms with Crippen LogP contribution in [-0.2, 0) is 0 Å². The van der Waals surface area contributed by atoms with Crippen LogP contribution in [0, 0.1) is 22.0 Å². The number of nitro benzene ring substituents is 1. The van der Waals surface area contributed by atoms with Crippen LogP contribution in [0.1, 0.15) is 11.3 Å². The van der Waals surface area contributed by atoms with E-state index in [2.05, 4.69) is 21.8 Å². The molecule has 0 saturated heterocycles. The number of hydrogen-bond donors (Lipinski definition) is 0. The lowest BCUT2D eigenvalue weighted by Gasteiger charge is -2.06. The van der Waals surface area contributed by atoms with E-state index >= 15 is 0 Å². The topological polar surface area (TPSA) is 68.9 Å². The van der Waals surface area contributed by atoms with Crippen LogP contribution in [0.5, 0.6) is 0 Å². The van der Waals surface area contributed by atoms with E-state index in [0.29, 0.717) is 17.1 Å². The maximum Gasteiger partial charge on any atom is 0.269 e. The Morgan fingerprint density at radius 3 is 2.00 bits per heavy atom. The van der Waals surface area contributed by atoms with E-state index in [9.17, 15) is 10.1 Å². The molecule has 1 heterocycles. The monoisotopic (exact) mass is 377 g/mol. The van der Waals surface area contributed by atoms with Crippen molar-refractivity contribution in [2.24, 2.45) is 0 Å². The van der Waals surface area contributed by atoms with E-state index in [1.165, 1.54) is 12.1 Å². The molecule has 0 aliphatic carbocycles. The highest BCUT2D eigenvalue weighted by molar-refractivity contribution is 5.70. The van der Waals surface area contributed by atoms with Crippen molar-refractivity contribution in [2.75, 3.05) is 0 Å². The predicted octanol–water partition coefficient (Wildman–Crippen LogP) is 5.12. The Morgan fingerprint density at radius 2 is 1.38 bits per heavy atom. The lowest BCUT2D eigenvalue weighted by Crippen LogP contribution is -1.96. The number of aromatic nitrogens is 2. The van der Waals surface area contributed by atoms with Crippen LogP contribution in [0.15, 0.2) is 91.1 Å². The summed E-state index contributed by atoms with van der Waals surface area (Å²) in [5.74, 6) is 6.76. The highest BCUT2D eigenvalue weighted by atomic mass is 16.6. The highest BCUT2D eigenvalue weighted by Gasteiger charge is 2.09. The Labute approximate surface area is 167 Å². The summed E-state index contributed by atoms with van der Waals surface area (Å²) in [5.41, 5.74) is 4.03. The molecule has 0 aliphatic heterocycles. The van der Waals surface area contributed by atoms with Crippen molar-refractivity contribution >= 4 is 5.69 Å². The second-order valence-electron chi connectivity index (χ2n) is 6.24. The molecule has 4 rings (SSSR count). The zero-order valence-corrected chi connectivity index (χ0v) is 15.3. The molecule has 0 aliphatic rings. The van der Waals surface area contributed by atoms with Crippen LogP contribution < -0.4 is 0 Å². The van der Waals surface area contributed by atoms with Gasteiger partial charge in [-0.1, -0.05) is 66.6 Å². The highest BCUT2D eigenvalue weighted by Crippen LogP contribution is 2.24. The van der Waals surface area contributed by atoms with Gasteiger partial charge in [-0.2, -0.15) is 0 Å². The zero-order chi connectivity index (χ0) is 20.1. The van der Waals surface area contributed by atoms with Crippen molar-refractivity contribution in [3.63, 3.8) is 0 Å². The fraction of sp³-hybridized carbons (Fsp3) is 0. The van der Waals surface area contributed by atoms with E-state index in [4.69, 9.17) is 0 Å². The Kier molecular flexibility index (Phi) is 5.08. The van der Waals surface area contributed by atoms with E-state index in [-0.39, 0.29) is 5.69 Å². The van der Waals surface area contributed by atoms with Crippen LogP contribution in [0.3, 0.4) is 0 Å². The lowest BCUT2D eigenvalue weighted by atomic mass is 10.1. The summed E-state index contributed by atoms with van der Waals surface area (Å²) in [6.07, 6.45) is 1.78. The van der Waals surface area contributed by atoms with Crippen molar-refractivity contribution in [1.82, 2.24) is 9.97 Å². The van der Waals surface area contributed by atoms with Gasteiger partial charge in [0.15, 0.2) is 5.82 Å². The molecule has 29 heavy (non-hydrogen) atoms. The average Bonchev–Trinajstić information content (AvgIpc) is 2.79. The van der Waals surface area contributed by atoms with Gasteiger partial charge in [0.05, 0.1) is 4.92 Å². The SMILES string of the molecule is O=[N+]([O-])c1ccc(C#Cc2nc(-c3ccccc3)ncc2-c2ccccc2)cc1. The molecule has 5 nitrogen and oxygen atoms in total. The van der Waals surface area contributed by atoms with E-state index < -0.39 is 4.92 Å². The molecule has 0 saturated carbocycles. The third-order valence-corrected chi connectivity index (χ3v) is 4.31. The van der Waals surface area contributed by atoms with Crippen molar-refractivity contribution in [3.05, 3.63) is 112 Å². The lowest BCUT2D eigenvalue weighted by molar-refractivity contribution is -0.384. The number of benzene rings is 3. The first-order valence-electron chi connectivity index (χ1n) is 8.95. The van der Waals surface area contributed by atoms with Crippen LogP contribution >= 0.6 is 0 Å². The summed E-state index contributed by atoms with van der Waals surface area (Å²) in [6, 6.07) is 25.7. The van der Waals surface area contributed by atoms with E-state index in [1.54, 1.807) is 18.3 Å². The first kappa shape index (κ1) is 18.1. The van der Waals surface area contributed by atoms with Gasteiger partial charge in [-0.25, -0.2) is 9.97 Å². The fourth-order valence-corrected chi connectivity index (χ4v) is 2.83. The first-order valence-corrected chi connectivity index (χ1v) is 8.95. The number of nitrogens with zero attached hydrogens (tertiary/aromatic N) is 3. The Morgan fingerprint density at radius 1 is 0.759 bits per heavy atom. The van der Waals surface area contributed by atoms with Crippen LogP contribution in [0.4, 0.5) is 5.69 Å². The minimum atomic E-state index is -0.429. The summed E-state index contributed by atoms with van der Waals surface area (Å²) in [4.78, 5) is 19.6. The van der Waals surface area contributed by atoms with Gasteiger partial charge < -0.3 is 0 Å². The molecule has 0 spiro atoms. The van der Waals surface area contributed by atoms with Crippen molar-refractivity contribution < 1.29 is 4.92 Å². The maximum absolute atomic E-state index is 10.8. The quantitative estimate of drug-likeness (QED) is 0.282. The van der Waals surface area contributed by atoms with Crippen LogP contribution in [-0.4, -0.2) is 14.9 Å². The second kappa shape index (κ2) is 8.15. The summed E-state index contributed by atoms with van der Waals surface area (Å²) in [7, 11) is 0. The molecule has 0 fully saturated rings. The molecule has 0 amide bonds. The average molecular weight is 377 g/mol. The van der Waals surface area contributed by atoms with Gasteiger partial charge in [-0.3, -0.25) is 10.1 Å². The van der Waals surface area contributed by atoms with Crippen molar-refractivity contribution in [2.45, 2.75) is 0 Å². The zero-order valence-electron chi connectivity index (χ0n) is 15.3. The normalized spacial score (nSPS) is 10.1. The number of nitro groups is 1.